The Morgan fingerprint density at radius 2 is 1.91 bits per heavy atom. The molecule has 0 saturated carbocycles. The molecule has 0 fully saturated rings. The Hall–Kier alpha value is -2.10. The summed E-state index contributed by atoms with van der Waals surface area (Å²) in [6.45, 7) is 0.625. The van der Waals surface area contributed by atoms with Crippen LogP contribution in [-0.4, -0.2) is 9.55 Å². The van der Waals surface area contributed by atoms with Crippen LogP contribution < -0.4 is 5.56 Å². The molecule has 1 aromatic heterocycles. The third-order valence-electron chi connectivity index (χ3n) is 4.01. The molecular weight excluding hydrogens is 331 g/mol. The standard InChI is InChI=1S/C18H12Cl2N2O/c19-13-9-14-16(15(20)10-13)21-17-12(6-7-22(17)18(14)23)8-11-4-2-1-3-5-11/h1-5,8-10H,6-7H2. The van der Waals surface area contributed by atoms with E-state index in [9.17, 15) is 4.79 Å². The van der Waals surface area contributed by atoms with Gasteiger partial charge in [0.1, 0.15) is 5.82 Å². The Bertz CT molecular complexity index is 1010. The van der Waals surface area contributed by atoms with Crippen LogP contribution in [0.2, 0.25) is 10.0 Å². The quantitative estimate of drug-likeness (QED) is 0.645. The van der Waals surface area contributed by atoms with Gasteiger partial charge in [0.05, 0.1) is 15.9 Å². The van der Waals surface area contributed by atoms with Crippen LogP contribution in [0.25, 0.3) is 22.6 Å². The predicted octanol–water partition coefficient (Wildman–Crippen LogP) is 4.65. The number of nitrogens with zero attached hydrogens (tertiary/aromatic N) is 2. The van der Waals surface area contributed by atoms with Gasteiger partial charge in [0.2, 0.25) is 0 Å². The van der Waals surface area contributed by atoms with Crippen molar-refractivity contribution >= 4 is 45.8 Å². The fraction of sp³-hybridized carbons (Fsp3) is 0.111. The summed E-state index contributed by atoms with van der Waals surface area (Å²) in [5, 5.41) is 1.31. The van der Waals surface area contributed by atoms with Gasteiger partial charge in [-0.1, -0.05) is 53.5 Å². The topological polar surface area (TPSA) is 34.9 Å². The number of aromatic nitrogens is 2. The monoisotopic (exact) mass is 342 g/mol. The minimum Gasteiger partial charge on any atom is -0.292 e. The number of hydrogen-bond acceptors (Lipinski definition) is 2. The van der Waals surface area contributed by atoms with E-state index in [1.54, 1.807) is 16.7 Å². The van der Waals surface area contributed by atoms with Crippen molar-refractivity contribution in [2.75, 3.05) is 0 Å². The molecule has 0 atom stereocenters. The van der Waals surface area contributed by atoms with Crippen LogP contribution in [-0.2, 0) is 6.54 Å². The molecule has 114 valence electrons. The van der Waals surface area contributed by atoms with E-state index in [2.05, 4.69) is 11.1 Å². The van der Waals surface area contributed by atoms with Crippen LogP contribution in [0.1, 0.15) is 17.8 Å². The van der Waals surface area contributed by atoms with Gasteiger partial charge in [0.25, 0.3) is 5.56 Å². The van der Waals surface area contributed by atoms with Gasteiger partial charge in [0, 0.05) is 11.6 Å². The zero-order valence-electron chi connectivity index (χ0n) is 12.1. The highest BCUT2D eigenvalue weighted by Gasteiger charge is 2.22. The smallest absolute Gasteiger partial charge is 0.261 e. The number of hydrogen-bond donors (Lipinski definition) is 0. The minimum atomic E-state index is -0.0918. The van der Waals surface area contributed by atoms with Gasteiger partial charge < -0.3 is 0 Å². The molecule has 0 spiro atoms. The van der Waals surface area contributed by atoms with Crippen molar-refractivity contribution in [1.82, 2.24) is 9.55 Å². The third-order valence-corrected chi connectivity index (χ3v) is 4.52. The van der Waals surface area contributed by atoms with Crippen LogP contribution in [0.4, 0.5) is 0 Å². The lowest BCUT2D eigenvalue weighted by Gasteiger charge is -2.07. The van der Waals surface area contributed by atoms with Crippen molar-refractivity contribution in [2.24, 2.45) is 0 Å². The molecule has 0 aliphatic carbocycles. The lowest BCUT2D eigenvalue weighted by atomic mass is 10.1. The van der Waals surface area contributed by atoms with E-state index < -0.39 is 0 Å². The van der Waals surface area contributed by atoms with Crippen molar-refractivity contribution in [3.63, 3.8) is 0 Å². The van der Waals surface area contributed by atoms with Crippen molar-refractivity contribution in [3.8, 4) is 0 Å². The Kier molecular flexibility index (Phi) is 3.47. The first-order chi connectivity index (χ1) is 11.1. The molecule has 3 nitrogen and oxygen atoms in total. The molecule has 0 unspecified atom stereocenters. The molecule has 0 saturated heterocycles. The van der Waals surface area contributed by atoms with Gasteiger partial charge in [0.15, 0.2) is 0 Å². The molecule has 0 bridgehead atoms. The summed E-state index contributed by atoms with van der Waals surface area (Å²) in [6, 6.07) is 13.3. The zero-order valence-corrected chi connectivity index (χ0v) is 13.6. The highest BCUT2D eigenvalue weighted by Crippen LogP contribution is 2.30. The van der Waals surface area contributed by atoms with Crippen molar-refractivity contribution < 1.29 is 0 Å². The second-order valence-electron chi connectivity index (χ2n) is 5.51. The number of rotatable bonds is 1. The first-order valence-electron chi connectivity index (χ1n) is 7.29. The summed E-state index contributed by atoms with van der Waals surface area (Å²) in [7, 11) is 0. The van der Waals surface area contributed by atoms with Crippen molar-refractivity contribution in [3.05, 3.63) is 74.3 Å². The fourth-order valence-electron chi connectivity index (χ4n) is 2.93. The molecule has 5 heteroatoms. The van der Waals surface area contributed by atoms with Crippen LogP contribution >= 0.6 is 23.2 Å². The van der Waals surface area contributed by atoms with E-state index >= 15 is 0 Å². The van der Waals surface area contributed by atoms with Crippen LogP contribution in [0.15, 0.2) is 47.3 Å². The van der Waals surface area contributed by atoms with E-state index in [4.69, 9.17) is 23.2 Å². The Labute approximate surface area is 142 Å². The summed E-state index contributed by atoms with van der Waals surface area (Å²) in [5.74, 6) is 0.690. The molecular formula is C18H12Cl2N2O. The molecule has 0 N–H and O–H groups in total. The van der Waals surface area contributed by atoms with Gasteiger partial charge in [-0.2, -0.15) is 0 Å². The van der Waals surface area contributed by atoms with Gasteiger partial charge in [-0.3, -0.25) is 9.36 Å². The summed E-state index contributed by atoms with van der Waals surface area (Å²) >= 11 is 12.2. The number of allylic oxidation sites excluding steroid dienone is 1. The third kappa shape index (κ3) is 2.46. The van der Waals surface area contributed by atoms with Gasteiger partial charge >= 0.3 is 0 Å². The maximum atomic E-state index is 12.7. The summed E-state index contributed by atoms with van der Waals surface area (Å²) in [6.07, 6.45) is 2.85. The molecule has 23 heavy (non-hydrogen) atoms. The summed E-state index contributed by atoms with van der Waals surface area (Å²) in [4.78, 5) is 17.3. The first-order valence-corrected chi connectivity index (χ1v) is 8.04. The molecule has 4 rings (SSSR count). The van der Waals surface area contributed by atoms with E-state index in [1.165, 1.54) is 0 Å². The molecule has 0 amide bonds. The van der Waals surface area contributed by atoms with E-state index in [-0.39, 0.29) is 5.56 Å². The molecule has 3 aromatic rings. The Morgan fingerprint density at radius 1 is 1.13 bits per heavy atom. The van der Waals surface area contributed by atoms with Crippen LogP contribution in [0.5, 0.6) is 0 Å². The number of halogens is 2. The van der Waals surface area contributed by atoms with E-state index in [1.807, 2.05) is 30.3 Å². The van der Waals surface area contributed by atoms with Crippen LogP contribution in [0.3, 0.4) is 0 Å². The molecule has 1 aliphatic rings. The Morgan fingerprint density at radius 3 is 2.70 bits per heavy atom. The lowest BCUT2D eigenvalue weighted by molar-refractivity contribution is 0.725. The van der Waals surface area contributed by atoms with Crippen LogP contribution in [0, 0.1) is 0 Å². The second kappa shape index (κ2) is 5.52. The average molecular weight is 343 g/mol. The maximum absolute atomic E-state index is 12.7. The van der Waals surface area contributed by atoms with Gasteiger partial charge in [-0.25, -0.2) is 4.98 Å². The molecule has 2 aromatic carbocycles. The van der Waals surface area contributed by atoms with E-state index in [0.717, 1.165) is 17.6 Å². The Balaban J connectivity index is 1.96. The van der Waals surface area contributed by atoms with Crippen molar-refractivity contribution in [1.29, 1.82) is 0 Å². The highest BCUT2D eigenvalue weighted by atomic mass is 35.5. The number of benzene rings is 2. The van der Waals surface area contributed by atoms with Gasteiger partial charge in [-0.15, -0.1) is 0 Å². The second-order valence-corrected chi connectivity index (χ2v) is 6.35. The molecule has 0 radical (unpaired) electrons. The summed E-state index contributed by atoms with van der Waals surface area (Å²) < 4.78 is 1.70. The zero-order chi connectivity index (χ0) is 16.0. The van der Waals surface area contributed by atoms with E-state index in [0.29, 0.717) is 33.3 Å². The number of fused-ring (bicyclic) bond motifs is 2. The largest absolute Gasteiger partial charge is 0.292 e. The highest BCUT2D eigenvalue weighted by molar-refractivity contribution is 6.38. The molecule has 2 heterocycles. The minimum absolute atomic E-state index is 0.0918. The van der Waals surface area contributed by atoms with Gasteiger partial charge in [-0.05, 0) is 35.8 Å². The fourth-order valence-corrected chi connectivity index (χ4v) is 3.47. The predicted molar refractivity (Wildman–Crippen MR) is 95.0 cm³/mol. The molecule has 1 aliphatic heterocycles. The normalized spacial score (nSPS) is 15.3. The lowest BCUT2D eigenvalue weighted by Crippen LogP contribution is -2.20. The first kappa shape index (κ1) is 14.5. The maximum Gasteiger partial charge on any atom is 0.261 e. The average Bonchev–Trinajstić information content (AvgIpc) is 2.93. The SMILES string of the molecule is O=c1c2cc(Cl)cc(Cl)c2nc2n1CCC2=Cc1ccccc1. The van der Waals surface area contributed by atoms with Crippen molar-refractivity contribution in [2.45, 2.75) is 13.0 Å². The summed E-state index contributed by atoms with van der Waals surface area (Å²) in [5.41, 5.74) is 2.55.